The summed E-state index contributed by atoms with van der Waals surface area (Å²) in [6.45, 7) is 2.00. The van der Waals surface area contributed by atoms with Crippen molar-refractivity contribution in [2.45, 2.75) is 22.5 Å². The standard InChI is InChI=1S/C25H23NO5S2/c1-16-7-9-17(10-8-16)13-24-25(27)26-20-12-11-18(14-23(20)32-24)33(28,29)15-19-21(30-2)5-4-6-22(19)31-3/h4-14H,15H2,1-3H3,(H,26,27)/b24-13+. The maximum atomic E-state index is 13.3. The number of carbonyl (C=O) groups is 1. The Kier molecular flexibility index (Phi) is 6.49. The zero-order chi connectivity index (χ0) is 23.6. The van der Waals surface area contributed by atoms with E-state index < -0.39 is 9.84 Å². The minimum absolute atomic E-state index is 0.160. The summed E-state index contributed by atoms with van der Waals surface area (Å²) < 4.78 is 37.2. The summed E-state index contributed by atoms with van der Waals surface area (Å²) in [5.41, 5.74) is 3.07. The van der Waals surface area contributed by atoms with Crippen LogP contribution >= 0.6 is 11.8 Å². The van der Waals surface area contributed by atoms with E-state index in [2.05, 4.69) is 5.32 Å². The fraction of sp³-hybridized carbons (Fsp3) is 0.160. The van der Waals surface area contributed by atoms with Crippen molar-refractivity contribution in [2.75, 3.05) is 19.5 Å². The first-order valence-electron chi connectivity index (χ1n) is 10.1. The van der Waals surface area contributed by atoms with Crippen molar-refractivity contribution < 1.29 is 22.7 Å². The first-order chi connectivity index (χ1) is 15.8. The lowest BCUT2D eigenvalue weighted by Gasteiger charge is -2.20. The van der Waals surface area contributed by atoms with E-state index in [1.165, 1.54) is 32.0 Å². The summed E-state index contributed by atoms with van der Waals surface area (Å²) in [6.07, 6.45) is 1.79. The van der Waals surface area contributed by atoms with Crippen molar-refractivity contribution in [3.63, 3.8) is 0 Å². The lowest BCUT2D eigenvalue weighted by Crippen LogP contribution is -2.17. The van der Waals surface area contributed by atoms with E-state index in [-0.39, 0.29) is 16.6 Å². The largest absolute Gasteiger partial charge is 0.496 e. The summed E-state index contributed by atoms with van der Waals surface area (Å²) >= 11 is 1.25. The third kappa shape index (κ3) is 4.91. The maximum absolute atomic E-state index is 13.3. The van der Waals surface area contributed by atoms with Gasteiger partial charge in [-0.15, -0.1) is 0 Å². The molecule has 1 aliphatic rings. The normalized spacial score (nSPS) is 14.5. The topological polar surface area (TPSA) is 81.7 Å². The minimum atomic E-state index is -3.71. The highest BCUT2D eigenvalue weighted by Crippen LogP contribution is 2.41. The molecular formula is C25H23NO5S2. The average molecular weight is 482 g/mol. The minimum Gasteiger partial charge on any atom is -0.496 e. The highest BCUT2D eigenvalue weighted by Gasteiger charge is 2.26. The number of ether oxygens (including phenoxy) is 2. The average Bonchev–Trinajstić information content (AvgIpc) is 2.80. The number of fused-ring (bicyclic) bond motifs is 1. The van der Waals surface area contributed by atoms with Crippen LogP contribution < -0.4 is 14.8 Å². The zero-order valence-corrected chi connectivity index (χ0v) is 20.0. The third-order valence-corrected chi connectivity index (χ3v) is 7.97. The molecule has 0 fully saturated rings. The van der Waals surface area contributed by atoms with E-state index in [1.807, 2.05) is 31.2 Å². The maximum Gasteiger partial charge on any atom is 0.262 e. The Balaban J connectivity index is 1.66. The highest BCUT2D eigenvalue weighted by molar-refractivity contribution is 8.04. The number of amides is 1. The van der Waals surface area contributed by atoms with Crippen LogP contribution in [0.3, 0.4) is 0 Å². The summed E-state index contributed by atoms with van der Waals surface area (Å²) in [5, 5.41) is 2.84. The Hall–Kier alpha value is -3.23. The fourth-order valence-electron chi connectivity index (χ4n) is 3.49. The van der Waals surface area contributed by atoms with Gasteiger partial charge in [-0.05, 0) is 48.9 Å². The number of aryl methyl sites for hydroxylation is 1. The van der Waals surface area contributed by atoms with Crippen molar-refractivity contribution in [1.29, 1.82) is 0 Å². The van der Waals surface area contributed by atoms with Crippen molar-refractivity contribution in [3.05, 3.63) is 82.3 Å². The Morgan fingerprint density at radius 2 is 1.64 bits per heavy atom. The lowest BCUT2D eigenvalue weighted by atomic mass is 10.1. The number of anilines is 1. The number of nitrogens with one attached hydrogen (secondary N) is 1. The molecular weight excluding hydrogens is 458 g/mol. The summed E-state index contributed by atoms with van der Waals surface area (Å²) in [5.74, 6) is 0.395. The fourth-order valence-corrected chi connectivity index (χ4v) is 5.95. The van der Waals surface area contributed by atoms with Gasteiger partial charge >= 0.3 is 0 Å². The van der Waals surface area contributed by atoms with Crippen LogP contribution in [0.25, 0.3) is 6.08 Å². The number of sulfone groups is 1. The summed E-state index contributed by atoms with van der Waals surface area (Å²) in [7, 11) is -0.730. The van der Waals surface area contributed by atoms with Gasteiger partial charge in [0.15, 0.2) is 9.84 Å². The number of carbonyl (C=O) groups excluding carboxylic acids is 1. The molecule has 3 aromatic rings. The number of rotatable bonds is 6. The van der Waals surface area contributed by atoms with Gasteiger partial charge in [0.2, 0.25) is 0 Å². The van der Waals surface area contributed by atoms with Gasteiger partial charge in [0.1, 0.15) is 11.5 Å². The van der Waals surface area contributed by atoms with Crippen LogP contribution in [-0.4, -0.2) is 28.5 Å². The molecule has 1 aliphatic heterocycles. The number of thioether (sulfide) groups is 1. The van der Waals surface area contributed by atoms with Gasteiger partial charge in [-0.25, -0.2) is 8.42 Å². The van der Waals surface area contributed by atoms with Gasteiger partial charge < -0.3 is 14.8 Å². The Morgan fingerprint density at radius 3 is 2.27 bits per heavy atom. The van der Waals surface area contributed by atoms with Crippen LogP contribution in [0, 0.1) is 6.92 Å². The second-order valence-corrected chi connectivity index (χ2v) is 10.6. The monoisotopic (exact) mass is 481 g/mol. The molecule has 0 bridgehead atoms. The molecule has 3 aromatic carbocycles. The van der Waals surface area contributed by atoms with E-state index >= 15 is 0 Å². The molecule has 1 heterocycles. The summed E-state index contributed by atoms with van der Waals surface area (Å²) in [6, 6.07) is 17.7. The molecule has 1 N–H and O–H groups in total. The number of benzene rings is 3. The van der Waals surface area contributed by atoms with Gasteiger partial charge in [-0.3, -0.25) is 4.79 Å². The predicted molar refractivity (Wildman–Crippen MR) is 131 cm³/mol. The second kappa shape index (κ2) is 9.33. The third-order valence-electron chi connectivity index (χ3n) is 5.24. The van der Waals surface area contributed by atoms with Gasteiger partial charge in [0, 0.05) is 4.90 Å². The number of hydrogen-bond acceptors (Lipinski definition) is 6. The van der Waals surface area contributed by atoms with Gasteiger partial charge in [0.05, 0.1) is 41.0 Å². The van der Waals surface area contributed by atoms with Crippen LogP contribution in [-0.2, 0) is 20.4 Å². The van der Waals surface area contributed by atoms with E-state index in [4.69, 9.17) is 9.47 Å². The predicted octanol–water partition coefficient (Wildman–Crippen LogP) is 5.07. The molecule has 8 heteroatoms. The van der Waals surface area contributed by atoms with Crippen LogP contribution in [0.2, 0.25) is 0 Å². The first kappa shape index (κ1) is 22.9. The molecule has 4 rings (SSSR count). The van der Waals surface area contributed by atoms with Crippen LogP contribution in [0.5, 0.6) is 11.5 Å². The molecule has 0 saturated heterocycles. The molecule has 0 spiro atoms. The van der Waals surface area contributed by atoms with Crippen LogP contribution in [0.1, 0.15) is 16.7 Å². The molecule has 0 aliphatic carbocycles. The van der Waals surface area contributed by atoms with Gasteiger partial charge in [0.25, 0.3) is 5.91 Å². The van der Waals surface area contributed by atoms with E-state index in [0.717, 1.165) is 11.1 Å². The molecule has 0 aromatic heterocycles. The smallest absolute Gasteiger partial charge is 0.262 e. The molecule has 1 amide bonds. The quantitative estimate of drug-likeness (QED) is 0.495. The number of methoxy groups -OCH3 is 2. The SMILES string of the molecule is COc1cccc(OC)c1CS(=O)(=O)c1ccc2c(c1)S/C(=C/c1ccc(C)cc1)C(=O)N2. The van der Waals surface area contributed by atoms with Crippen molar-refractivity contribution in [1.82, 2.24) is 0 Å². The van der Waals surface area contributed by atoms with Gasteiger partial charge in [-0.2, -0.15) is 0 Å². The van der Waals surface area contributed by atoms with Crippen molar-refractivity contribution in [2.24, 2.45) is 0 Å². The Labute approximate surface area is 197 Å². The Morgan fingerprint density at radius 1 is 0.970 bits per heavy atom. The second-order valence-electron chi connectivity index (χ2n) is 7.53. The molecule has 0 unspecified atom stereocenters. The molecule has 170 valence electrons. The molecule has 0 atom stereocenters. The van der Waals surface area contributed by atoms with E-state index in [1.54, 1.807) is 36.4 Å². The highest BCUT2D eigenvalue weighted by atomic mass is 32.2. The van der Waals surface area contributed by atoms with Gasteiger partial charge in [-0.1, -0.05) is 47.7 Å². The van der Waals surface area contributed by atoms with Crippen molar-refractivity contribution >= 4 is 39.3 Å². The Bertz CT molecular complexity index is 1320. The molecule has 6 nitrogen and oxygen atoms in total. The zero-order valence-electron chi connectivity index (χ0n) is 18.4. The van der Waals surface area contributed by atoms with Crippen LogP contribution in [0.15, 0.2) is 75.4 Å². The lowest BCUT2D eigenvalue weighted by molar-refractivity contribution is -0.112. The number of hydrogen-bond donors (Lipinski definition) is 1. The van der Waals surface area contributed by atoms with Crippen molar-refractivity contribution in [3.8, 4) is 11.5 Å². The summed E-state index contributed by atoms with van der Waals surface area (Å²) in [4.78, 5) is 13.9. The van der Waals surface area contributed by atoms with E-state index in [9.17, 15) is 13.2 Å². The molecule has 0 saturated carbocycles. The molecule has 0 radical (unpaired) electrons. The molecule has 33 heavy (non-hydrogen) atoms. The first-order valence-corrected chi connectivity index (χ1v) is 12.6. The van der Waals surface area contributed by atoms with E-state index in [0.29, 0.717) is 32.6 Å². The van der Waals surface area contributed by atoms with Crippen LogP contribution in [0.4, 0.5) is 5.69 Å².